The molecule has 0 atom stereocenters. The standard InChI is InChI=1S/C28H16F2N8OS/c29-20-7-6-19(40-20)17-8-9-32-26-24(17)35-27(36-26)25-21-18(37-38-25)13-33-23(22(21)30)15-10-16(12-31-11-15)34-28(39)14-4-2-1-3-5-14/h1-13H,(H,34,39)(H,37,38)(H,32,35,36). The Bertz CT molecular complexity index is 2050. The summed E-state index contributed by atoms with van der Waals surface area (Å²) in [6.07, 6.45) is 6.01. The number of H-pyrrole nitrogens is 2. The first-order valence-electron chi connectivity index (χ1n) is 12.0. The van der Waals surface area contributed by atoms with Gasteiger partial charge in [-0.15, -0.1) is 11.3 Å². The molecule has 0 radical (unpaired) electrons. The number of thiophene rings is 1. The summed E-state index contributed by atoms with van der Waals surface area (Å²) < 4.78 is 29.8. The summed E-state index contributed by atoms with van der Waals surface area (Å²) in [5, 5.41) is 9.74. The van der Waals surface area contributed by atoms with Gasteiger partial charge in [0, 0.05) is 34.0 Å². The van der Waals surface area contributed by atoms with Crippen molar-refractivity contribution in [2.75, 3.05) is 5.32 Å². The molecule has 0 unspecified atom stereocenters. The van der Waals surface area contributed by atoms with E-state index in [0.29, 0.717) is 43.9 Å². The summed E-state index contributed by atoms with van der Waals surface area (Å²) in [5.41, 5.74) is 3.54. The zero-order valence-corrected chi connectivity index (χ0v) is 21.1. The third-order valence-corrected chi connectivity index (χ3v) is 7.20. The Hall–Kier alpha value is -5.36. The number of halogens is 2. The summed E-state index contributed by atoms with van der Waals surface area (Å²) in [7, 11) is 0. The average molecular weight is 551 g/mol. The Balaban J connectivity index is 1.28. The van der Waals surface area contributed by atoms with E-state index in [1.807, 2.05) is 6.07 Å². The molecular weight excluding hydrogens is 534 g/mol. The fraction of sp³-hybridized carbons (Fsp3) is 0. The van der Waals surface area contributed by atoms with Crippen molar-refractivity contribution in [2.45, 2.75) is 0 Å². The van der Waals surface area contributed by atoms with E-state index < -0.39 is 5.82 Å². The molecule has 0 aliphatic carbocycles. The molecule has 9 nitrogen and oxygen atoms in total. The minimum absolute atomic E-state index is 0.0300. The van der Waals surface area contributed by atoms with Crippen LogP contribution in [-0.2, 0) is 0 Å². The molecule has 0 fully saturated rings. The van der Waals surface area contributed by atoms with Gasteiger partial charge >= 0.3 is 0 Å². The number of nitrogens with zero attached hydrogens (tertiary/aromatic N) is 5. The minimum atomic E-state index is -0.636. The molecule has 0 aliphatic heterocycles. The summed E-state index contributed by atoms with van der Waals surface area (Å²) in [6.45, 7) is 0. The fourth-order valence-electron chi connectivity index (χ4n) is 4.46. The zero-order chi connectivity index (χ0) is 27.2. The quantitative estimate of drug-likeness (QED) is 0.234. The van der Waals surface area contributed by atoms with Crippen molar-refractivity contribution in [1.82, 2.24) is 35.1 Å². The predicted molar refractivity (Wildman–Crippen MR) is 148 cm³/mol. The van der Waals surface area contributed by atoms with Gasteiger partial charge in [-0.3, -0.25) is 19.9 Å². The van der Waals surface area contributed by atoms with Gasteiger partial charge in [-0.1, -0.05) is 18.2 Å². The molecular formula is C28H16F2N8OS. The van der Waals surface area contributed by atoms with E-state index in [-0.39, 0.29) is 33.6 Å². The molecule has 6 heterocycles. The number of imidazole rings is 1. The molecule has 3 N–H and O–H groups in total. The van der Waals surface area contributed by atoms with E-state index in [9.17, 15) is 9.18 Å². The van der Waals surface area contributed by atoms with Crippen molar-refractivity contribution >= 4 is 45.0 Å². The van der Waals surface area contributed by atoms with Crippen molar-refractivity contribution in [1.29, 1.82) is 0 Å². The highest BCUT2D eigenvalue weighted by molar-refractivity contribution is 7.14. The lowest BCUT2D eigenvalue weighted by atomic mass is 10.1. The van der Waals surface area contributed by atoms with Gasteiger partial charge in [0.05, 0.1) is 29.0 Å². The number of aromatic amines is 2. The lowest BCUT2D eigenvalue weighted by molar-refractivity contribution is 0.102. The topological polar surface area (TPSA) is 125 Å². The molecule has 7 rings (SSSR count). The maximum atomic E-state index is 16.1. The van der Waals surface area contributed by atoms with E-state index in [4.69, 9.17) is 0 Å². The van der Waals surface area contributed by atoms with Crippen LogP contribution in [0.25, 0.3) is 55.3 Å². The Morgan fingerprint density at radius 1 is 0.950 bits per heavy atom. The van der Waals surface area contributed by atoms with Gasteiger partial charge in [0.2, 0.25) is 0 Å². The molecule has 6 aromatic heterocycles. The Morgan fingerprint density at radius 2 is 1.82 bits per heavy atom. The van der Waals surface area contributed by atoms with Crippen LogP contribution in [0.4, 0.5) is 14.5 Å². The zero-order valence-electron chi connectivity index (χ0n) is 20.3. The first kappa shape index (κ1) is 23.7. The number of benzene rings is 1. The molecule has 12 heteroatoms. The lowest BCUT2D eigenvalue weighted by Gasteiger charge is -2.08. The Morgan fingerprint density at radius 3 is 2.65 bits per heavy atom. The molecule has 7 aromatic rings. The molecule has 0 aliphatic rings. The molecule has 0 bridgehead atoms. The number of pyridine rings is 3. The number of rotatable bonds is 5. The Labute approximate surface area is 228 Å². The first-order valence-corrected chi connectivity index (χ1v) is 12.8. The largest absolute Gasteiger partial charge is 0.321 e. The molecule has 1 aromatic carbocycles. The second kappa shape index (κ2) is 9.43. The van der Waals surface area contributed by atoms with Crippen LogP contribution < -0.4 is 5.32 Å². The van der Waals surface area contributed by atoms with Crippen molar-refractivity contribution < 1.29 is 13.6 Å². The first-order chi connectivity index (χ1) is 19.5. The summed E-state index contributed by atoms with van der Waals surface area (Å²) >= 11 is 1.000. The second-order valence-electron chi connectivity index (χ2n) is 8.81. The summed E-state index contributed by atoms with van der Waals surface area (Å²) in [5.74, 6) is -0.663. The maximum absolute atomic E-state index is 16.1. The van der Waals surface area contributed by atoms with E-state index in [1.54, 1.807) is 48.7 Å². The van der Waals surface area contributed by atoms with Crippen molar-refractivity contribution in [3.05, 3.63) is 95.9 Å². The molecule has 1 amide bonds. The third kappa shape index (κ3) is 4.07. The molecule has 0 saturated heterocycles. The number of amides is 1. The van der Waals surface area contributed by atoms with Gasteiger partial charge in [-0.2, -0.15) is 9.49 Å². The number of carbonyl (C=O) groups excluding carboxylic acids is 1. The van der Waals surface area contributed by atoms with Gasteiger partial charge in [-0.05, 0) is 36.4 Å². The SMILES string of the molecule is O=C(Nc1cncc(-c2ncc3[nH]nc(-c4nc5c(-c6ccc(F)s6)ccnc5[nH]4)c3c2F)c1)c1ccccc1. The van der Waals surface area contributed by atoms with Crippen LogP contribution in [0.2, 0.25) is 0 Å². The van der Waals surface area contributed by atoms with Crippen molar-refractivity contribution in [3.63, 3.8) is 0 Å². The van der Waals surface area contributed by atoms with Crippen LogP contribution >= 0.6 is 11.3 Å². The van der Waals surface area contributed by atoms with E-state index in [0.717, 1.165) is 11.3 Å². The fourth-order valence-corrected chi connectivity index (χ4v) is 5.22. The average Bonchev–Trinajstić information content (AvgIpc) is 3.72. The van der Waals surface area contributed by atoms with Crippen LogP contribution in [0.15, 0.2) is 79.4 Å². The number of aromatic nitrogens is 7. The molecule has 40 heavy (non-hydrogen) atoms. The number of fused-ring (bicyclic) bond motifs is 2. The highest BCUT2D eigenvalue weighted by Crippen LogP contribution is 2.35. The number of hydrogen-bond acceptors (Lipinski definition) is 7. The summed E-state index contributed by atoms with van der Waals surface area (Å²) in [4.78, 5) is 33.8. The number of hydrogen-bond donors (Lipinski definition) is 3. The number of carbonyl (C=O) groups is 1. The number of nitrogens with one attached hydrogen (secondary N) is 3. The second-order valence-corrected chi connectivity index (χ2v) is 9.84. The highest BCUT2D eigenvalue weighted by atomic mass is 32.1. The van der Waals surface area contributed by atoms with E-state index in [1.165, 1.54) is 24.7 Å². The Kier molecular flexibility index (Phi) is 5.60. The summed E-state index contributed by atoms with van der Waals surface area (Å²) in [6, 6.07) is 15.1. The smallest absolute Gasteiger partial charge is 0.255 e. The van der Waals surface area contributed by atoms with Crippen LogP contribution in [0.5, 0.6) is 0 Å². The van der Waals surface area contributed by atoms with Crippen LogP contribution in [0.1, 0.15) is 10.4 Å². The monoisotopic (exact) mass is 550 g/mol. The predicted octanol–water partition coefficient (Wildman–Crippen LogP) is 6.22. The highest BCUT2D eigenvalue weighted by Gasteiger charge is 2.22. The molecule has 0 spiro atoms. The van der Waals surface area contributed by atoms with Crippen molar-refractivity contribution in [2.24, 2.45) is 0 Å². The van der Waals surface area contributed by atoms with Gasteiger partial charge in [0.1, 0.15) is 16.9 Å². The van der Waals surface area contributed by atoms with Gasteiger partial charge < -0.3 is 10.3 Å². The van der Waals surface area contributed by atoms with Crippen LogP contribution in [0, 0.1) is 10.9 Å². The molecule has 0 saturated carbocycles. The normalized spacial score (nSPS) is 11.3. The maximum Gasteiger partial charge on any atom is 0.255 e. The van der Waals surface area contributed by atoms with Crippen molar-refractivity contribution in [3.8, 4) is 33.2 Å². The van der Waals surface area contributed by atoms with E-state index >= 15 is 4.39 Å². The van der Waals surface area contributed by atoms with Crippen LogP contribution in [0.3, 0.4) is 0 Å². The van der Waals surface area contributed by atoms with Gasteiger partial charge in [-0.25, -0.2) is 14.4 Å². The lowest BCUT2D eigenvalue weighted by Crippen LogP contribution is -2.11. The molecule has 194 valence electrons. The number of anilines is 1. The third-order valence-electron chi connectivity index (χ3n) is 6.30. The van der Waals surface area contributed by atoms with Crippen LogP contribution in [-0.4, -0.2) is 41.0 Å². The minimum Gasteiger partial charge on any atom is -0.321 e. The van der Waals surface area contributed by atoms with Gasteiger partial charge in [0.25, 0.3) is 5.91 Å². The van der Waals surface area contributed by atoms with E-state index in [2.05, 4.69) is 40.4 Å². The van der Waals surface area contributed by atoms with Gasteiger partial charge in [0.15, 0.2) is 22.4 Å².